The minimum absolute atomic E-state index is 0.230. The molecular weight excluding hydrogens is 224 g/mol. The lowest BCUT2D eigenvalue weighted by molar-refractivity contribution is 0.191. The van der Waals surface area contributed by atoms with Crippen molar-refractivity contribution < 1.29 is 4.74 Å². The van der Waals surface area contributed by atoms with Gasteiger partial charge in [-0.3, -0.25) is 4.90 Å². The Hall–Kier alpha value is -1.06. The Labute approximate surface area is 110 Å². The summed E-state index contributed by atoms with van der Waals surface area (Å²) in [4.78, 5) is 2.49. The van der Waals surface area contributed by atoms with Crippen molar-refractivity contribution in [3.63, 3.8) is 0 Å². The second-order valence-electron chi connectivity index (χ2n) is 5.36. The van der Waals surface area contributed by atoms with E-state index in [1.165, 1.54) is 5.56 Å². The molecule has 0 unspecified atom stereocenters. The number of hydrogen-bond acceptors (Lipinski definition) is 3. The highest BCUT2D eigenvalue weighted by atomic mass is 16.5. The Morgan fingerprint density at radius 3 is 2.89 bits per heavy atom. The summed E-state index contributed by atoms with van der Waals surface area (Å²) in [6.07, 6.45) is 0.230. The summed E-state index contributed by atoms with van der Waals surface area (Å²) in [6.45, 7) is 10.7. The van der Waals surface area contributed by atoms with Gasteiger partial charge in [0.2, 0.25) is 0 Å². The second-order valence-corrected chi connectivity index (χ2v) is 5.36. The first-order chi connectivity index (χ1) is 8.65. The molecule has 1 fully saturated rings. The molecule has 18 heavy (non-hydrogen) atoms. The average molecular weight is 248 g/mol. The third kappa shape index (κ3) is 3.72. The lowest BCUT2D eigenvalue weighted by Crippen LogP contribution is -2.48. The molecule has 1 aromatic rings. The van der Waals surface area contributed by atoms with Gasteiger partial charge in [0.25, 0.3) is 0 Å². The third-order valence-electron chi connectivity index (χ3n) is 3.18. The summed E-state index contributed by atoms with van der Waals surface area (Å²) in [5.74, 6) is 1.03. The van der Waals surface area contributed by atoms with Crippen molar-refractivity contribution in [3.05, 3.63) is 29.8 Å². The highest BCUT2D eigenvalue weighted by Crippen LogP contribution is 2.21. The quantitative estimate of drug-likeness (QED) is 0.884. The van der Waals surface area contributed by atoms with E-state index < -0.39 is 0 Å². The lowest BCUT2D eigenvalue weighted by atomic mass is 10.1. The van der Waals surface area contributed by atoms with Crippen molar-refractivity contribution in [1.29, 1.82) is 0 Å². The molecule has 100 valence electrons. The van der Waals surface area contributed by atoms with Crippen LogP contribution >= 0.6 is 0 Å². The van der Waals surface area contributed by atoms with Crippen LogP contribution in [0.25, 0.3) is 0 Å². The fraction of sp³-hybridized carbons (Fsp3) is 0.600. The van der Waals surface area contributed by atoms with E-state index in [2.05, 4.69) is 49.2 Å². The van der Waals surface area contributed by atoms with Crippen LogP contribution in [-0.2, 0) is 6.54 Å². The number of ether oxygens (including phenoxy) is 1. The molecule has 1 N–H and O–H groups in total. The van der Waals surface area contributed by atoms with Crippen molar-refractivity contribution in [3.8, 4) is 5.75 Å². The Balaban J connectivity index is 2.03. The Morgan fingerprint density at radius 1 is 1.39 bits per heavy atom. The van der Waals surface area contributed by atoms with Crippen LogP contribution in [0.3, 0.4) is 0 Å². The molecule has 0 saturated carbocycles. The van der Waals surface area contributed by atoms with Crippen molar-refractivity contribution in [2.75, 3.05) is 19.6 Å². The number of benzene rings is 1. The SMILES string of the molecule is CC(C)Oc1ccccc1CN1CCN[C@H](C)C1. The van der Waals surface area contributed by atoms with Gasteiger partial charge in [0.05, 0.1) is 6.10 Å². The monoisotopic (exact) mass is 248 g/mol. The van der Waals surface area contributed by atoms with Crippen molar-refractivity contribution in [1.82, 2.24) is 10.2 Å². The van der Waals surface area contributed by atoms with Gasteiger partial charge >= 0.3 is 0 Å². The first kappa shape index (κ1) is 13.4. The smallest absolute Gasteiger partial charge is 0.124 e. The minimum atomic E-state index is 0.230. The fourth-order valence-corrected chi connectivity index (χ4v) is 2.40. The van der Waals surface area contributed by atoms with Crippen LogP contribution in [0, 0.1) is 0 Å². The van der Waals surface area contributed by atoms with Crippen LogP contribution in [0.2, 0.25) is 0 Å². The molecule has 0 aromatic heterocycles. The molecule has 1 aliphatic rings. The van der Waals surface area contributed by atoms with E-state index in [9.17, 15) is 0 Å². The summed E-state index contributed by atoms with van der Waals surface area (Å²) in [5, 5.41) is 3.47. The molecule has 1 atom stereocenters. The largest absolute Gasteiger partial charge is 0.491 e. The molecule has 2 rings (SSSR count). The van der Waals surface area contributed by atoms with E-state index in [4.69, 9.17) is 4.74 Å². The topological polar surface area (TPSA) is 24.5 Å². The van der Waals surface area contributed by atoms with Gasteiger partial charge in [-0.25, -0.2) is 0 Å². The van der Waals surface area contributed by atoms with Gasteiger partial charge in [-0.05, 0) is 26.8 Å². The standard InChI is InChI=1S/C15H24N2O/c1-12(2)18-15-7-5-4-6-14(15)11-17-9-8-16-13(3)10-17/h4-7,12-13,16H,8-11H2,1-3H3/t13-/m1/s1. The van der Waals surface area contributed by atoms with Crippen LogP contribution in [0.1, 0.15) is 26.3 Å². The van der Waals surface area contributed by atoms with Gasteiger partial charge in [-0.1, -0.05) is 18.2 Å². The molecule has 1 aliphatic heterocycles. The first-order valence-electron chi connectivity index (χ1n) is 6.85. The number of nitrogens with one attached hydrogen (secondary N) is 1. The summed E-state index contributed by atoms with van der Waals surface area (Å²) in [6, 6.07) is 8.96. The summed E-state index contributed by atoms with van der Waals surface area (Å²) in [7, 11) is 0. The highest BCUT2D eigenvalue weighted by molar-refractivity contribution is 5.33. The maximum Gasteiger partial charge on any atom is 0.124 e. The number of rotatable bonds is 4. The normalized spacial score (nSPS) is 21.2. The second kappa shape index (κ2) is 6.21. The zero-order valence-electron chi connectivity index (χ0n) is 11.6. The Morgan fingerprint density at radius 2 is 2.17 bits per heavy atom. The van der Waals surface area contributed by atoms with E-state index in [-0.39, 0.29) is 6.10 Å². The summed E-state index contributed by atoms with van der Waals surface area (Å²) in [5.41, 5.74) is 1.29. The van der Waals surface area contributed by atoms with E-state index in [1.54, 1.807) is 0 Å². The molecule has 3 heteroatoms. The van der Waals surface area contributed by atoms with Crippen LogP contribution in [0.15, 0.2) is 24.3 Å². The van der Waals surface area contributed by atoms with E-state index in [1.807, 2.05) is 6.07 Å². The zero-order chi connectivity index (χ0) is 13.0. The molecule has 1 aromatic carbocycles. The number of hydrogen-bond donors (Lipinski definition) is 1. The molecule has 0 bridgehead atoms. The number of piperazine rings is 1. The molecule has 0 aliphatic carbocycles. The van der Waals surface area contributed by atoms with Crippen LogP contribution in [0.4, 0.5) is 0 Å². The van der Waals surface area contributed by atoms with Gasteiger partial charge in [-0.15, -0.1) is 0 Å². The number of para-hydroxylation sites is 1. The van der Waals surface area contributed by atoms with Crippen molar-refractivity contribution in [2.24, 2.45) is 0 Å². The molecule has 1 saturated heterocycles. The predicted octanol–water partition coefficient (Wildman–Crippen LogP) is 2.27. The lowest BCUT2D eigenvalue weighted by Gasteiger charge is -2.32. The maximum atomic E-state index is 5.87. The highest BCUT2D eigenvalue weighted by Gasteiger charge is 2.17. The minimum Gasteiger partial charge on any atom is -0.491 e. The van der Waals surface area contributed by atoms with Gasteiger partial charge < -0.3 is 10.1 Å². The molecule has 0 spiro atoms. The van der Waals surface area contributed by atoms with E-state index >= 15 is 0 Å². The maximum absolute atomic E-state index is 5.87. The molecular formula is C15H24N2O. The third-order valence-corrected chi connectivity index (χ3v) is 3.18. The Kier molecular flexibility index (Phi) is 4.61. The first-order valence-corrected chi connectivity index (χ1v) is 6.85. The van der Waals surface area contributed by atoms with Crippen LogP contribution in [-0.4, -0.2) is 36.7 Å². The van der Waals surface area contributed by atoms with Gasteiger partial charge in [0.15, 0.2) is 0 Å². The zero-order valence-corrected chi connectivity index (χ0v) is 11.6. The van der Waals surface area contributed by atoms with Crippen molar-refractivity contribution >= 4 is 0 Å². The molecule has 0 amide bonds. The molecule has 0 radical (unpaired) electrons. The average Bonchev–Trinajstić information content (AvgIpc) is 2.31. The summed E-state index contributed by atoms with van der Waals surface area (Å²) >= 11 is 0. The fourth-order valence-electron chi connectivity index (χ4n) is 2.40. The Bertz CT molecular complexity index is 379. The van der Waals surface area contributed by atoms with Gasteiger partial charge in [0, 0.05) is 37.8 Å². The van der Waals surface area contributed by atoms with Crippen LogP contribution in [0.5, 0.6) is 5.75 Å². The summed E-state index contributed by atoms with van der Waals surface area (Å²) < 4.78 is 5.87. The molecule has 1 heterocycles. The predicted molar refractivity (Wildman–Crippen MR) is 74.9 cm³/mol. The number of nitrogens with zero attached hydrogens (tertiary/aromatic N) is 1. The van der Waals surface area contributed by atoms with E-state index in [0.717, 1.165) is 31.9 Å². The van der Waals surface area contributed by atoms with Crippen LogP contribution < -0.4 is 10.1 Å². The van der Waals surface area contributed by atoms with Gasteiger partial charge in [0.1, 0.15) is 5.75 Å². The van der Waals surface area contributed by atoms with Gasteiger partial charge in [-0.2, -0.15) is 0 Å². The van der Waals surface area contributed by atoms with E-state index in [0.29, 0.717) is 6.04 Å². The van der Waals surface area contributed by atoms with Crippen molar-refractivity contribution in [2.45, 2.75) is 39.5 Å². The molecule has 3 nitrogen and oxygen atoms in total.